The van der Waals surface area contributed by atoms with E-state index in [1.807, 2.05) is 24.3 Å². The molecule has 4 aromatic carbocycles. The van der Waals surface area contributed by atoms with E-state index in [2.05, 4.69) is 66.0 Å². The summed E-state index contributed by atoms with van der Waals surface area (Å²) in [5, 5.41) is 3.63. The van der Waals surface area contributed by atoms with E-state index in [1.165, 1.54) is 15.4 Å². The van der Waals surface area contributed by atoms with Gasteiger partial charge in [0, 0.05) is 15.4 Å². The topological polar surface area (TPSA) is 37.8 Å². The Labute approximate surface area is 166 Å². The van der Waals surface area contributed by atoms with Crippen molar-refractivity contribution in [2.24, 2.45) is 0 Å². The van der Waals surface area contributed by atoms with Gasteiger partial charge in [-0.15, -0.1) is 0 Å². The zero-order chi connectivity index (χ0) is 18.5. The van der Waals surface area contributed by atoms with Gasteiger partial charge in [-0.25, -0.2) is 9.97 Å². The molecule has 0 bridgehead atoms. The van der Waals surface area contributed by atoms with Crippen molar-refractivity contribution in [1.29, 1.82) is 0 Å². The average Bonchev–Trinajstić information content (AvgIpc) is 2.75. The second kappa shape index (κ2) is 6.08. The van der Waals surface area contributed by atoms with Gasteiger partial charge < -0.3 is 5.32 Å². The highest BCUT2D eigenvalue weighted by molar-refractivity contribution is 7.99. The molecule has 1 aliphatic rings. The van der Waals surface area contributed by atoms with Crippen LogP contribution in [0.1, 0.15) is 0 Å². The van der Waals surface area contributed by atoms with Crippen molar-refractivity contribution in [2.45, 2.75) is 9.79 Å². The molecule has 5 aromatic rings. The first-order chi connectivity index (χ1) is 13.8. The van der Waals surface area contributed by atoms with E-state index >= 15 is 0 Å². The highest BCUT2D eigenvalue weighted by Gasteiger charge is 2.19. The minimum Gasteiger partial charge on any atom is -0.353 e. The maximum absolute atomic E-state index is 4.82. The van der Waals surface area contributed by atoms with Gasteiger partial charge in [0.25, 0.3) is 0 Å². The lowest BCUT2D eigenvalue weighted by Crippen LogP contribution is -2.01. The molecule has 0 spiro atoms. The Balaban J connectivity index is 1.52. The van der Waals surface area contributed by atoms with Crippen LogP contribution >= 0.6 is 11.8 Å². The number of aromatic nitrogens is 2. The van der Waals surface area contributed by atoms with Gasteiger partial charge in [-0.1, -0.05) is 54.2 Å². The highest BCUT2D eigenvalue weighted by atomic mass is 32.2. The third-order valence-electron chi connectivity index (χ3n) is 5.04. The first kappa shape index (κ1) is 15.7. The number of rotatable bonds is 1. The van der Waals surface area contributed by atoms with Gasteiger partial charge in [-0.3, -0.25) is 0 Å². The maximum atomic E-state index is 4.82. The second-order valence-corrected chi connectivity index (χ2v) is 7.90. The molecule has 132 valence electrons. The van der Waals surface area contributed by atoms with Crippen LogP contribution in [0.5, 0.6) is 0 Å². The summed E-state index contributed by atoms with van der Waals surface area (Å²) in [6.07, 6.45) is 0. The van der Waals surface area contributed by atoms with Crippen molar-refractivity contribution >= 4 is 45.2 Å². The maximum Gasteiger partial charge on any atom is 0.0900 e. The molecule has 1 N–H and O–H groups in total. The minimum absolute atomic E-state index is 0.915. The van der Waals surface area contributed by atoms with E-state index in [4.69, 9.17) is 9.97 Å². The molecule has 0 radical (unpaired) electrons. The third-order valence-corrected chi connectivity index (χ3v) is 6.18. The molecule has 4 heteroatoms. The van der Waals surface area contributed by atoms with Crippen LogP contribution in [-0.4, -0.2) is 9.97 Å². The summed E-state index contributed by atoms with van der Waals surface area (Å²) in [5.41, 5.74) is 8.30. The summed E-state index contributed by atoms with van der Waals surface area (Å²) < 4.78 is 0. The van der Waals surface area contributed by atoms with Crippen LogP contribution in [0.2, 0.25) is 0 Å². The molecule has 0 unspecified atom stereocenters. The summed E-state index contributed by atoms with van der Waals surface area (Å²) in [6.45, 7) is 0. The summed E-state index contributed by atoms with van der Waals surface area (Å²) in [5.74, 6) is 0. The number of anilines is 2. The Morgan fingerprint density at radius 3 is 2.21 bits per heavy atom. The van der Waals surface area contributed by atoms with Crippen molar-refractivity contribution < 1.29 is 0 Å². The van der Waals surface area contributed by atoms with Crippen molar-refractivity contribution in [3.63, 3.8) is 0 Å². The van der Waals surface area contributed by atoms with E-state index in [-0.39, 0.29) is 0 Å². The zero-order valence-corrected chi connectivity index (χ0v) is 15.7. The molecule has 0 amide bonds. The van der Waals surface area contributed by atoms with Crippen molar-refractivity contribution in [1.82, 2.24) is 9.97 Å². The monoisotopic (exact) mass is 377 g/mol. The van der Waals surface area contributed by atoms with Gasteiger partial charge in [0.15, 0.2) is 0 Å². The van der Waals surface area contributed by atoms with E-state index in [1.54, 1.807) is 11.8 Å². The Bertz CT molecular complexity index is 1380. The molecule has 28 heavy (non-hydrogen) atoms. The van der Waals surface area contributed by atoms with E-state index in [0.717, 1.165) is 39.0 Å². The molecule has 0 saturated carbocycles. The number of benzene rings is 4. The SMILES string of the molecule is c1ccc2c(c1)Nc1c(cccc1-c1ccc3nc4ccccc4nc3c1)S2. The molecular formula is C24H15N3S. The lowest BCUT2D eigenvalue weighted by molar-refractivity contribution is 1.31. The normalized spacial score (nSPS) is 12.4. The average molecular weight is 377 g/mol. The van der Waals surface area contributed by atoms with Crippen LogP contribution < -0.4 is 5.32 Å². The van der Waals surface area contributed by atoms with Gasteiger partial charge in [0.05, 0.1) is 33.4 Å². The number of hydrogen-bond acceptors (Lipinski definition) is 4. The third kappa shape index (κ3) is 2.46. The van der Waals surface area contributed by atoms with Crippen LogP contribution in [0, 0.1) is 0 Å². The first-order valence-corrected chi connectivity index (χ1v) is 10.0. The summed E-state index contributed by atoms with van der Waals surface area (Å²) >= 11 is 1.81. The van der Waals surface area contributed by atoms with Crippen LogP contribution in [0.15, 0.2) is 94.7 Å². The molecule has 0 atom stereocenters. The smallest absolute Gasteiger partial charge is 0.0900 e. The number of para-hydroxylation sites is 4. The van der Waals surface area contributed by atoms with E-state index < -0.39 is 0 Å². The molecule has 6 rings (SSSR count). The Morgan fingerprint density at radius 2 is 1.32 bits per heavy atom. The molecule has 1 aromatic heterocycles. The van der Waals surface area contributed by atoms with Gasteiger partial charge in [0.2, 0.25) is 0 Å². The first-order valence-electron chi connectivity index (χ1n) is 9.19. The fourth-order valence-electron chi connectivity index (χ4n) is 3.69. The summed E-state index contributed by atoms with van der Waals surface area (Å²) in [7, 11) is 0. The molecule has 0 fully saturated rings. The minimum atomic E-state index is 0.915. The van der Waals surface area contributed by atoms with Crippen LogP contribution in [0.25, 0.3) is 33.2 Å². The summed E-state index contributed by atoms with van der Waals surface area (Å²) in [6, 6.07) is 29.2. The quantitative estimate of drug-likeness (QED) is 0.325. The second-order valence-electron chi connectivity index (χ2n) is 6.82. The van der Waals surface area contributed by atoms with Crippen LogP contribution in [0.3, 0.4) is 0 Å². The predicted octanol–water partition coefficient (Wildman–Crippen LogP) is 6.66. The Hall–Kier alpha value is -3.37. The van der Waals surface area contributed by atoms with Gasteiger partial charge in [0.1, 0.15) is 0 Å². The summed E-state index contributed by atoms with van der Waals surface area (Å²) in [4.78, 5) is 12.1. The molecular weight excluding hydrogens is 362 g/mol. The number of fused-ring (bicyclic) bond motifs is 4. The Kier molecular flexibility index (Phi) is 3.40. The van der Waals surface area contributed by atoms with Crippen molar-refractivity contribution in [3.05, 3.63) is 84.9 Å². The van der Waals surface area contributed by atoms with Crippen LogP contribution in [-0.2, 0) is 0 Å². The van der Waals surface area contributed by atoms with E-state index in [0.29, 0.717) is 0 Å². The lowest BCUT2D eigenvalue weighted by atomic mass is 10.0. The predicted molar refractivity (Wildman–Crippen MR) is 116 cm³/mol. The van der Waals surface area contributed by atoms with Gasteiger partial charge in [-0.05, 0) is 48.0 Å². The van der Waals surface area contributed by atoms with E-state index in [9.17, 15) is 0 Å². The molecule has 0 aliphatic carbocycles. The van der Waals surface area contributed by atoms with Gasteiger partial charge >= 0.3 is 0 Å². The largest absolute Gasteiger partial charge is 0.353 e. The highest BCUT2D eigenvalue weighted by Crippen LogP contribution is 2.47. The number of nitrogens with one attached hydrogen (secondary N) is 1. The fraction of sp³-hybridized carbons (Fsp3) is 0. The zero-order valence-electron chi connectivity index (χ0n) is 14.9. The van der Waals surface area contributed by atoms with Crippen molar-refractivity contribution in [2.75, 3.05) is 5.32 Å². The fourth-order valence-corrected chi connectivity index (χ4v) is 4.71. The molecule has 3 nitrogen and oxygen atoms in total. The Morgan fingerprint density at radius 1 is 0.607 bits per heavy atom. The number of hydrogen-bond donors (Lipinski definition) is 1. The van der Waals surface area contributed by atoms with Crippen LogP contribution in [0.4, 0.5) is 11.4 Å². The molecule has 2 heterocycles. The molecule has 1 aliphatic heterocycles. The standard InChI is InChI=1S/C24H15N3S/c1-2-8-18-17(7-1)25-19-13-12-15(14-21(19)26-18)16-6-5-11-23-24(16)27-20-9-3-4-10-22(20)28-23/h1-14,27H. The van der Waals surface area contributed by atoms with Gasteiger partial charge in [-0.2, -0.15) is 0 Å². The lowest BCUT2D eigenvalue weighted by Gasteiger charge is -2.23. The molecule has 0 saturated heterocycles. The van der Waals surface area contributed by atoms with Crippen molar-refractivity contribution in [3.8, 4) is 11.1 Å². The number of nitrogens with zero attached hydrogens (tertiary/aromatic N) is 2.